The topological polar surface area (TPSA) is 49.8 Å². The number of hydrogen-bond donors (Lipinski definition) is 1. The van der Waals surface area contributed by atoms with Crippen molar-refractivity contribution in [2.24, 2.45) is 0 Å². The standard InChI is InChI=1S/C15H19Cl2NO3/c16-13-2-1-3-14(17)12(13)10-18-7-4-11(5-8-18)21-9-6-15(19)20/h1-3,11H,4-10H2,(H,19,20). The number of nitrogens with zero attached hydrogens (tertiary/aromatic N) is 1. The molecular weight excluding hydrogens is 313 g/mol. The maximum absolute atomic E-state index is 10.4. The van der Waals surface area contributed by atoms with E-state index in [9.17, 15) is 4.79 Å². The molecule has 0 unspecified atom stereocenters. The summed E-state index contributed by atoms with van der Waals surface area (Å²) in [6.45, 7) is 2.83. The van der Waals surface area contributed by atoms with Crippen LogP contribution in [0.3, 0.4) is 0 Å². The molecular formula is C15H19Cl2NO3. The first-order valence-electron chi connectivity index (χ1n) is 7.05. The number of likely N-dealkylation sites (tertiary alicyclic amines) is 1. The highest BCUT2D eigenvalue weighted by molar-refractivity contribution is 6.35. The summed E-state index contributed by atoms with van der Waals surface area (Å²) in [7, 11) is 0. The zero-order valence-corrected chi connectivity index (χ0v) is 13.2. The number of piperidine rings is 1. The number of hydrogen-bond acceptors (Lipinski definition) is 3. The van der Waals surface area contributed by atoms with Gasteiger partial charge in [0.15, 0.2) is 0 Å². The number of ether oxygens (including phenoxy) is 1. The minimum atomic E-state index is -0.819. The summed E-state index contributed by atoms with van der Waals surface area (Å²) in [5, 5.41) is 9.98. The first-order valence-corrected chi connectivity index (χ1v) is 7.80. The van der Waals surface area contributed by atoms with Crippen LogP contribution in [0.4, 0.5) is 0 Å². The lowest BCUT2D eigenvalue weighted by molar-refractivity contribution is -0.138. The van der Waals surface area contributed by atoms with Gasteiger partial charge in [-0.3, -0.25) is 9.69 Å². The highest BCUT2D eigenvalue weighted by Crippen LogP contribution is 2.27. The lowest BCUT2D eigenvalue weighted by Gasteiger charge is -2.32. The summed E-state index contributed by atoms with van der Waals surface area (Å²) < 4.78 is 5.58. The predicted molar refractivity (Wildman–Crippen MR) is 83.0 cm³/mol. The van der Waals surface area contributed by atoms with Crippen molar-refractivity contribution in [2.75, 3.05) is 19.7 Å². The second-order valence-corrected chi connectivity index (χ2v) is 6.00. The molecule has 0 atom stereocenters. The van der Waals surface area contributed by atoms with Gasteiger partial charge in [-0.15, -0.1) is 0 Å². The van der Waals surface area contributed by atoms with Crippen molar-refractivity contribution >= 4 is 29.2 Å². The smallest absolute Gasteiger partial charge is 0.305 e. The molecule has 1 fully saturated rings. The van der Waals surface area contributed by atoms with E-state index in [0.29, 0.717) is 10.0 Å². The van der Waals surface area contributed by atoms with Crippen LogP contribution < -0.4 is 0 Å². The normalized spacial score (nSPS) is 17.0. The third kappa shape index (κ3) is 5.15. The molecule has 0 aromatic heterocycles. The Morgan fingerprint density at radius 1 is 1.29 bits per heavy atom. The van der Waals surface area contributed by atoms with E-state index in [-0.39, 0.29) is 19.1 Å². The van der Waals surface area contributed by atoms with Gasteiger partial charge in [-0.1, -0.05) is 29.3 Å². The molecule has 0 bridgehead atoms. The second kappa shape index (κ2) is 7.99. The summed E-state index contributed by atoms with van der Waals surface area (Å²) >= 11 is 12.4. The van der Waals surface area contributed by atoms with Crippen LogP contribution in [0.25, 0.3) is 0 Å². The molecule has 0 aliphatic carbocycles. The Morgan fingerprint density at radius 3 is 2.48 bits per heavy atom. The van der Waals surface area contributed by atoms with E-state index in [4.69, 9.17) is 33.0 Å². The van der Waals surface area contributed by atoms with Crippen LogP contribution >= 0.6 is 23.2 Å². The molecule has 1 heterocycles. The van der Waals surface area contributed by atoms with Gasteiger partial charge in [-0.2, -0.15) is 0 Å². The zero-order chi connectivity index (χ0) is 15.2. The lowest BCUT2D eigenvalue weighted by Crippen LogP contribution is -2.36. The van der Waals surface area contributed by atoms with Gasteiger partial charge in [0.1, 0.15) is 0 Å². The van der Waals surface area contributed by atoms with E-state index in [2.05, 4.69) is 4.90 Å². The molecule has 0 spiro atoms. The average Bonchev–Trinajstić information content (AvgIpc) is 2.44. The SMILES string of the molecule is O=C(O)CCOC1CCN(Cc2c(Cl)cccc2Cl)CC1. The molecule has 0 saturated carbocycles. The highest BCUT2D eigenvalue weighted by Gasteiger charge is 2.21. The fourth-order valence-electron chi connectivity index (χ4n) is 2.45. The van der Waals surface area contributed by atoms with E-state index in [0.717, 1.165) is 38.0 Å². The Labute approximate surface area is 134 Å². The van der Waals surface area contributed by atoms with E-state index in [1.165, 1.54) is 0 Å². The van der Waals surface area contributed by atoms with Crippen LogP contribution in [0.2, 0.25) is 10.0 Å². The van der Waals surface area contributed by atoms with Crippen LogP contribution in [0.5, 0.6) is 0 Å². The molecule has 0 amide bonds. The molecule has 0 radical (unpaired) electrons. The van der Waals surface area contributed by atoms with Crippen molar-refractivity contribution in [1.82, 2.24) is 4.90 Å². The molecule has 1 aromatic rings. The van der Waals surface area contributed by atoms with E-state index in [1.807, 2.05) is 18.2 Å². The molecule has 21 heavy (non-hydrogen) atoms. The summed E-state index contributed by atoms with van der Waals surface area (Å²) in [5.41, 5.74) is 0.964. The molecule has 1 aliphatic rings. The number of carboxylic acid groups (broad SMARTS) is 1. The van der Waals surface area contributed by atoms with Crippen LogP contribution in [-0.2, 0) is 16.1 Å². The van der Waals surface area contributed by atoms with Gasteiger partial charge in [-0.25, -0.2) is 0 Å². The third-order valence-electron chi connectivity index (χ3n) is 3.65. The Bertz CT molecular complexity index is 468. The van der Waals surface area contributed by atoms with Gasteiger partial charge in [0.2, 0.25) is 0 Å². The van der Waals surface area contributed by atoms with Crippen LogP contribution in [-0.4, -0.2) is 41.8 Å². The quantitative estimate of drug-likeness (QED) is 0.867. The highest BCUT2D eigenvalue weighted by atomic mass is 35.5. The minimum absolute atomic E-state index is 0.0649. The van der Waals surface area contributed by atoms with Crippen molar-refractivity contribution < 1.29 is 14.6 Å². The molecule has 4 nitrogen and oxygen atoms in total. The van der Waals surface area contributed by atoms with Gasteiger partial charge in [0.25, 0.3) is 0 Å². The lowest BCUT2D eigenvalue weighted by atomic mass is 10.1. The Balaban J connectivity index is 1.78. The van der Waals surface area contributed by atoms with Crippen molar-refractivity contribution in [3.05, 3.63) is 33.8 Å². The monoisotopic (exact) mass is 331 g/mol. The summed E-state index contributed by atoms with van der Waals surface area (Å²) in [5.74, 6) is -0.819. The number of halogens is 2. The van der Waals surface area contributed by atoms with Gasteiger partial charge >= 0.3 is 5.97 Å². The Hall–Kier alpha value is -0.810. The molecule has 1 saturated heterocycles. The van der Waals surface area contributed by atoms with Crippen molar-refractivity contribution in [3.8, 4) is 0 Å². The second-order valence-electron chi connectivity index (χ2n) is 5.19. The largest absolute Gasteiger partial charge is 0.481 e. The fraction of sp³-hybridized carbons (Fsp3) is 0.533. The first kappa shape index (κ1) is 16.6. The number of carboxylic acids is 1. The Morgan fingerprint density at radius 2 is 1.90 bits per heavy atom. The Kier molecular flexibility index (Phi) is 6.30. The minimum Gasteiger partial charge on any atom is -0.481 e. The van der Waals surface area contributed by atoms with Gasteiger partial charge in [0.05, 0.1) is 19.1 Å². The molecule has 2 rings (SSSR count). The van der Waals surface area contributed by atoms with Gasteiger partial charge in [0, 0.05) is 35.2 Å². The third-order valence-corrected chi connectivity index (χ3v) is 4.36. The van der Waals surface area contributed by atoms with Crippen LogP contribution in [0.1, 0.15) is 24.8 Å². The number of benzene rings is 1. The average molecular weight is 332 g/mol. The summed E-state index contributed by atoms with van der Waals surface area (Å²) in [4.78, 5) is 12.7. The zero-order valence-electron chi connectivity index (χ0n) is 11.7. The van der Waals surface area contributed by atoms with Crippen molar-refractivity contribution in [2.45, 2.75) is 31.9 Å². The summed E-state index contributed by atoms with van der Waals surface area (Å²) in [6.07, 6.45) is 2.03. The molecule has 6 heteroatoms. The molecule has 1 aliphatic heterocycles. The van der Waals surface area contributed by atoms with E-state index in [1.54, 1.807) is 0 Å². The number of aliphatic carboxylic acids is 1. The van der Waals surface area contributed by atoms with Crippen LogP contribution in [0.15, 0.2) is 18.2 Å². The van der Waals surface area contributed by atoms with Crippen LogP contribution in [0, 0.1) is 0 Å². The number of carbonyl (C=O) groups is 1. The fourth-order valence-corrected chi connectivity index (χ4v) is 2.97. The van der Waals surface area contributed by atoms with E-state index >= 15 is 0 Å². The van der Waals surface area contributed by atoms with E-state index < -0.39 is 5.97 Å². The predicted octanol–water partition coefficient (Wildman–Crippen LogP) is 3.45. The molecule has 1 N–H and O–H groups in total. The van der Waals surface area contributed by atoms with Crippen molar-refractivity contribution in [3.63, 3.8) is 0 Å². The van der Waals surface area contributed by atoms with Gasteiger partial charge < -0.3 is 9.84 Å². The maximum atomic E-state index is 10.4. The van der Waals surface area contributed by atoms with Crippen molar-refractivity contribution in [1.29, 1.82) is 0 Å². The first-order chi connectivity index (χ1) is 10.1. The summed E-state index contributed by atoms with van der Waals surface area (Å²) in [6, 6.07) is 5.55. The molecule has 1 aromatic carbocycles. The number of rotatable bonds is 6. The molecule has 116 valence electrons. The van der Waals surface area contributed by atoms with Gasteiger partial charge in [-0.05, 0) is 25.0 Å². The maximum Gasteiger partial charge on any atom is 0.305 e.